The number of hydrogen-bond donors (Lipinski definition) is 0. The van der Waals surface area contributed by atoms with Crippen molar-refractivity contribution in [3.63, 3.8) is 0 Å². The Hall–Kier alpha value is -3.52. The van der Waals surface area contributed by atoms with E-state index in [1.807, 2.05) is 0 Å². The highest BCUT2D eigenvalue weighted by Crippen LogP contribution is 2.34. The molecule has 1 aliphatic heterocycles. The van der Waals surface area contributed by atoms with E-state index in [0.29, 0.717) is 5.06 Å². The number of carbonyl (C=O) groups is 3. The van der Waals surface area contributed by atoms with Gasteiger partial charge in [0, 0.05) is 0 Å². The van der Waals surface area contributed by atoms with Gasteiger partial charge in [0.2, 0.25) is 0 Å². The molecule has 0 fully saturated rings. The zero-order valence-electron chi connectivity index (χ0n) is 14.2. The van der Waals surface area contributed by atoms with Gasteiger partial charge in [0.15, 0.2) is 0 Å². The van der Waals surface area contributed by atoms with Gasteiger partial charge in [0.1, 0.15) is 22.8 Å². The average molecular weight is 401 g/mol. The average Bonchev–Trinajstić information content (AvgIpc) is 3.15. The summed E-state index contributed by atoms with van der Waals surface area (Å²) in [6.45, 7) is 1.41. The van der Waals surface area contributed by atoms with Gasteiger partial charge in [0.25, 0.3) is 11.8 Å². The van der Waals surface area contributed by atoms with Gasteiger partial charge >= 0.3 is 5.97 Å². The van der Waals surface area contributed by atoms with Gasteiger partial charge in [0.05, 0.1) is 21.7 Å². The first-order valence-electron chi connectivity index (χ1n) is 8.01. The SMILES string of the molecule is Cc1onc(-c2c(F)cccc2Cl)c1C(=O)ON1C(=O)c2ccccc2C1=O. The van der Waals surface area contributed by atoms with Crippen molar-refractivity contribution in [2.45, 2.75) is 6.92 Å². The van der Waals surface area contributed by atoms with Crippen LogP contribution in [0.5, 0.6) is 0 Å². The number of halogens is 2. The fourth-order valence-electron chi connectivity index (χ4n) is 2.89. The molecule has 9 heteroatoms. The predicted octanol–water partition coefficient (Wildman–Crippen LogP) is 3.81. The van der Waals surface area contributed by atoms with Gasteiger partial charge in [-0.15, -0.1) is 0 Å². The van der Waals surface area contributed by atoms with Gasteiger partial charge in [-0.2, -0.15) is 0 Å². The van der Waals surface area contributed by atoms with Crippen molar-refractivity contribution in [1.82, 2.24) is 10.2 Å². The van der Waals surface area contributed by atoms with E-state index in [4.69, 9.17) is 21.0 Å². The van der Waals surface area contributed by atoms with Crippen LogP contribution in [0.2, 0.25) is 5.02 Å². The van der Waals surface area contributed by atoms with E-state index in [9.17, 15) is 18.8 Å². The summed E-state index contributed by atoms with van der Waals surface area (Å²) in [4.78, 5) is 42.5. The topological polar surface area (TPSA) is 89.7 Å². The zero-order valence-corrected chi connectivity index (χ0v) is 15.0. The summed E-state index contributed by atoms with van der Waals surface area (Å²) < 4.78 is 19.3. The number of hydrogen-bond acceptors (Lipinski definition) is 6. The van der Waals surface area contributed by atoms with Crippen LogP contribution in [0.25, 0.3) is 11.3 Å². The number of hydroxylamine groups is 2. The molecule has 1 aliphatic rings. The standard InChI is InChI=1S/C19H10ClFN2O5/c1-9-14(16(22-27-9)15-12(20)7-4-8-13(15)21)19(26)28-23-17(24)10-5-2-3-6-11(10)18(23)25/h2-8H,1H3. The Morgan fingerprint density at radius 2 is 1.75 bits per heavy atom. The fourth-order valence-corrected chi connectivity index (χ4v) is 3.14. The Morgan fingerprint density at radius 3 is 2.36 bits per heavy atom. The van der Waals surface area contributed by atoms with E-state index in [2.05, 4.69) is 5.16 Å². The van der Waals surface area contributed by atoms with E-state index in [1.165, 1.54) is 31.2 Å². The highest BCUT2D eigenvalue weighted by molar-refractivity contribution is 6.33. The van der Waals surface area contributed by atoms with E-state index in [-0.39, 0.29) is 38.7 Å². The Bertz CT molecular complexity index is 1100. The summed E-state index contributed by atoms with van der Waals surface area (Å²) in [5, 5.41) is 4.05. The summed E-state index contributed by atoms with van der Waals surface area (Å²) in [5.41, 5.74) is -0.375. The van der Waals surface area contributed by atoms with Crippen LogP contribution in [0.4, 0.5) is 4.39 Å². The molecule has 0 bridgehead atoms. The number of aryl methyl sites for hydroxylation is 1. The zero-order chi connectivity index (χ0) is 20.0. The monoisotopic (exact) mass is 400 g/mol. The Balaban J connectivity index is 1.71. The Labute approximate surface area is 162 Å². The van der Waals surface area contributed by atoms with Crippen molar-refractivity contribution < 1.29 is 28.1 Å². The normalized spacial score (nSPS) is 13.0. The lowest BCUT2D eigenvalue weighted by Crippen LogP contribution is -2.32. The lowest BCUT2D eigenvalue weighted by Gasteiger charge is -2.13. The van der Waals surface area contributed by atoms with Crippen LogP contribution in [-0.4, -0.2) is 28.0 Å². The van der Waals surface area contributed by atoms with Crippen LogP contribution < -0.4 is 0 Å². The first kappa shape index (κ1) is 17.9. The molecule has 2 aromatic carbocycles. The maximum absolute atomic E-state index is 14.3. The molecular formula is C19H10ClFN2O5. The van der Waals surface area contributed by atoms with Crippen molar-refractivity contribution in [2.75, 3.05) is 0 Å². The number of amides is 2. The number of fused-ring (bicyclic) bond motifs is 1. The van der Waals surface area contributed by atoms with Crippen LogP contribution in [0.1, 0.15) is 36.8 Å². The smallest absolute Gasteiger partial charge is 0.360 e. The molecule has 7 nitrogen and oxygen atoms in total. The molecular weight excluding hydrogens is 391 g/mol. The summed E-state index contributed by atoms with van der Waals surface area (Å²) in [6.07, 6.45) is 0. The highest BCUT2D eigenvalue weighted by Gasteiger charge is 2.40. The lowest BCUT2D eigenvalue weighted by atomic mass is 10.1. The van der Waals surface area contributed by atoms with Crippen molar-refractivity contribution >= 4 is 29.4 Å². The third-order valence-electron chi connectivity index (χ3n) is 4.20. The minimum Gasteiger partial charge on any atom is -0.360 e. The van der Waals surface area contributed by atoms with Gasteiger partial charge in [-0.3, -0.25) is 9.59 Å². The van der Waals surface area contributed by atoms with Gasteiger partial charge < -0.3 is 9.36 Å². The minimum atomic E-state index is -1.11. The third kappa shape index (κ3) is 2.66. The molecule has 2 amide bonds. The second kappa shape index (κ2) is 6.58. The number of aromatic nitrogens is 1. The number of carbonyl (C=O) groups excluding carboxylic acids is 3. The summed E-state index contributed by atoms with van der Waals surface area (Å²) >= 11 is 6.04. The van der Waals surface area contributed by atoms with Gasteiger partial charge in [-0.1, -0.05) is 40.0 Å². The lowest BCUT2D eigenvalue weighted by molar-refractivity contribution is -0.0585. The van der Waals surface area contributed by atoms with Crippen molar-refractivity contribution in [2.24, 2.45) is 0 Å². The van der Waals surface area contributed by atoms with Crippen molar-refractivity contribution in [1.29, 1.82) is 0 Å². The minimum absolute atomic E-state index is 0.00285. The van der Waals surface area contributed by atoms with Crippen molar-refractivity contribution in [3.8, 4) is 11.3 Å². The second-order valence-electron chi connectivity index (χ2n) is 5.89. The first-order chi connectivity index (χ1) is 13.4. The summed E-state index contributed by atoms with van der Waals surface area (Å²) in [6, 6.07) is 10.0. The molecule has 0 spiro atoms. The second-order valence-corrected chi connectivity index (χ2v) is 6.30. The van der Waals surface area contributed by atoms with E-state index >= 15 is 0 Å². The predicted molar refractivity (Wildman–Crippen MR) is 94.0 cm³/mol. The van der Waals surface area contributed by atoms with Gasteiger partial charge in [-0.05, 0) is 31.2 Å². The molecule has 0 atom stereocenters. The molecule has 0 saturated carbocycles. The number of rotatable bonds is 3. The molecule has 28 heavy (non-hydrogen) atoms. The van der Waals surface area contributed by atoms with E-state index < -0.39 is 23.6 Å². The maximum atomic E-state index is 14.3. The molecule has 4 rings (SSSR count). The van der Waals surface area contributed by atoms with Crippen LogP contribution in [0, 0.1) is 12.7 Å². The van der Waals surface area contributed by atoms with E-state index in [1.54, 1.807) is 12.1 Å². The fraction of sp³-hybridized carbons (Fsp3) is 0.0526. The molecule has 0 N–H and O–H groups in total. The number of benzene rings is 2. The Kier molecular flexibility index (Phi) is 4.20. The third-order valence-corrected chi connectivity index (χ3v) is 4.51. The molecule has 0 unspecified atom stereocenters. The largest absolute Gasteiger partial charge is 0.369 e. The maximum Gasteiger partial charge on any atom is 0.369 e. The Morgan fingerprint density at radius 1 is 1.11 bits per heavy atom. The first-order valence-corrected chi connectivity index (χ1v) is 8.38. The van der Waals surface area contributed by atoms with Crippen LogP contribution in [0.3, 0.4) is 0 Å². The van der Waals surface area contributed by atoms with Gasteiger partial charge in [-0.25, -0.2) is 9.18 Å². The number of imide groups is 1. The number of nitrogens with zero attached hydrogens (tertiary/aromatic N) is 2. The van der Waals surface area contributed by atoms with Crippen LogP contribution in [0.15, 0.2) is 47.0 Å². The van der Waals surface area contributed by atoms with Crippen LogP contribution in [-0.2, 0) is 4.84 Å². The van der Waals surface area contributed by atoms with Crippen LogP contribution >= 0.6 is 11.6 Å². The molecule has 3 aromatic rings. The quantitative estimate of drug-likeness (QED) is 0.621. The molecule has 0 saturated heterocycles. The molecule has 0 radical (unpaired) electrons. The summed E-state index contributed by atoms with van der Waals surface area (Å²) in [7, 11) is 0. The highest BCUT2D eigenvalue weighted by atomic mass is 35.5. The molecule has 1 aromatic heterocycles. The van der Waals surface area contributed by atoms with Crippen molar-refractivity contribution in [3.05, 3.63) is 75.8 Å². The summed E-state index contributed by atoms with van der Waals surface area (Å²) in [5.74, 6) is -3.39. The molecule has 140 valence electrons. The van der Waals surface area contributed by atoms with E-state index in [0.717, 1.165) is 6.07 Å². The molecule has 2 heterocycles. The molecule has 0 aliphatic carbocycles.